The molecule has 5 heteroatoms. The number of fused-ring (bicyclic) bond motifs is 9. The number of furan rings is 1. The number of hydrogen-bond donors (Lipinski definition) is 0. The Hall–Kier alpha value is -6.66. The van der Waals surface area contributed by atoms with Gasteiger partial charge in [0.15, 0.2) is 0 Å². The highest BCUT2D eigenvalue weighted by Crippen LogP contribution is 2.42. The maximum atomic E-state index is 10.1. The van der Waals surface area contributed by atoms with Crippen LogP contribution < -0.4 is 0 Å². The second-order valence-electron chi connectivity index (χ2n) is 12.4. The summed E-state index contributed by atoms with van der Waals surface area (Å²) < 4.78 is 11.0. The Bertz CT molecular complexity index is 3090. The standard InChI is InChI=1S/C44H23N3OS/c45-24-26-13-15-43-37(17-26)38-21-27(14-16-44(38)49-43)29-18-30(32-8-2-1-7-28(32)25-46)20-31(19-29)47-39-11-5-3-9-33(39)35-23-42-36(22-40(35)47)34-10-4-6-12-41(34)48-42/h1-23H. The van der Waals surface area contributed by atoms with E-state index < -0.39 is 0 Å². The van der Waals surface area contributed by atoms with Gasteiger partial charge < -0.3 is 8.98 Å². The zero-order chi connectivity index (χ0) is 32.6. The van der Waals surface area contributed by atoms with Crippen LogP contribution in [0.15, 0.2) is 144 Å². The number of hydrogen-bond acceptors (Lipinski definition) is 4. The van der Waals surface area contributed by atoms with Crippen LogP contribution in [0.1, 0.15) is 11.1 Å². The number of nitrogens with zero attached hydrogens (tertiary/aromatic N) is 3. The molecule has 0 radical (unpaired) electrons. The molecule has 0 fully saturated rings. The normalized spacial score (nSPS) is 11.6. The van der Waals surface area contributed by atoms with Crippen LogP contribution in [0.5, 0.6) is 0 Å². The average molecular weight is 642 g/mol. The summed E-state index contributed by atoms with van der Waals surface area (Å²) in [4.78, 5) is 0. The molecule has 226 valence electrons. The van der Waals surface area contributed by atoms with Crippen LogP contribution in [0.4, 0.5) is 0 Å². The lowest BCUT2D eigenvalue weighted by Crippen LogP contribution is -1.96. The van der Waals surface area contributed by atoms with E-state index in [1.54, 1.807) is 11.3 Å². The van der Waals surface area contributed by atoms with Gasteiger partial charge in [0.2, 0.25) is 0 Å². The van der Waals surface area contributed by atoms with Crippen molar-refractivity contribution in [3.8, 4) is 40.1 Å². The van der Waals surface area contributed by atoms with Gasteiger partial charge in [-0.3, -0.25) is 0 Å². The van der Waals surface area contributed by atoms with Crippen molar-refractivity contribution in [3.63, 3.8) is 0 Å². The summed E-state index contributed by atoms with van der Waals surface area (Å²) in [7, 11) is 0. The number of aromatic nitrogens is 1. The lowest BCUT2D eigenvalue weighted by Gasteiger charge is -2.15. The van der Waals surface area contributed by atoms with Crippen molar-refractivity contribution in [1.82, 2.24) is 4.57 Å². The summed E-state index contributed by atoms with van der Waals surface area (Å²) >= 11 is 1.74. The summed E-state index contributed by atoms with van der Waals surface area (Å²) in [6, 6.07) is 52.7. The fourth-order valence-corrected chi connectivity index (χ4v) is 8.45. The van der Waals surface area contributed by atoms with Gasteiger partial charge in [-0.25, -0.2) is 0 Å². The molecule has 0 aliphatic heterocycles. The lowest BCUT2D eigenvalue weighted by molar-refractivity contribution is 0.669. The van der Waals surface area contributed by atoms with Gasteiger partial charge >= 0.3 is 0 Å². The first kappa shape index (κ1) is 27.5. The first-order valence-electron chi connectivity index (χ1n) is 16.0. The molecule has 0 saturated carbocycles. The van der Waals surface area contributed by atoms with Crippen LogP contribution in [-0.4, -0.2) is 4.57 Å². The molecule has 0 N–H and O–H groups in total. The molecule has 7 aromatic carbocycles. The van der Waals surface area contributed by atoms with Crippen LogP contribution in [0.3, 0.4) is 0 Å². The number of benzene rings is 7. The molecule has 0 aliphatic rings. The Morgan fingerprint density at radius 3 is 2.12 bits per heavy atom. The molecule has 4 nitrogen and oxygen atoms in total. The van der Waals surface area contributed by atoms with Crippen molar-refractivity contribution in [3.05, 3.63) is 151 Å². The topological polar surface area (TPSA) is 65.7 Å². The SMILES string of the molecule is N#Cc1ccc2sc3ccc(-c4cc(-c5ccccc5C#N)cc(-n5c6ccccc6c6cc7oc8ccccc8c7cc65)c4)cc3c2c1. The van der Waals surface area contributed by atoms with E-state index >= 15 is 0 Å². The van der Waals surface area contributed by atoms with Crippen LogP contribution in [0, 0.1) is 22.7 Å². The maximum Gasteiger partial charge on any atom is 0.136 e. The van der Waals surface area contributed by atoms with Crippen molar-refractivity contribution < 1.29 is 4.42 Å². The summed E-state index contributed by atoms with van der Waals surface area (Å²) in [6.45, 7) is 0. The van der Waals surface area contributed by atoms with Gasteiger partial charge in [0.1, 0.15) is 11.2 Å². The molecule has 3 aromatic heterocycles. The Labute approximate surface area is 284 Å². The van der Waals surface area contributed by atoms with Gasteiger partial charge in [-0.1, -0.05) is 60.7 Å². The number of nitriles is 2. The van der Waals surface area contributed by atoms with Gasteiger partial charge in [-0.2, -0.15) is 10.5 Å². The van der Waals surface area contributed by atoms with E-state index in [0.29, 0.717) is 11.1 Å². The van der Waals surface area contributed by atoms with Gasteiger partial charge in [-0.15, -0.1) is 11.3 Å². The Morgan fingerprint density at radius 2 is 1.24 bits per heavy atom. The fraction of sp³-hybridized carbons (Fsp3) is 0. The van der Waals surface area contributed by atoms with E-state index in [-0.39, 0.29) is 0 Å². The van der Waals surface area contributed by atoms with Gasteiger partial charge in [0, 0.05) is 47.4 Å². The van der Waals surface area contributed by atoms with Crippen molar-refractivity contribution in [2.45, 2.75) is 0 Å². The Morgan fingerprint density at radius 1 is 0.490 bits per heavy atom. The van der Waals surface area contributed by atoms with Gasteiger partial charge in [0.05, 0.1) is 34.3 Å². The van der Waals surface area contributed by atoms with E-state index in [1.165, 1.54) is 4.70 Å². The molecule has 0 unspecified atom stereocenters. The molecule has 0 saturated heterocycles. The summed E-state index contributed by atoms with van der Waals surface area (Å²) in [5, 5.41) is 26.4. The minimum atomic E-state index is 0.628. The zero-order valence-corrected chi connectivity index (χ0v) is 26.8. The molecule has 3 heterocycles. The average Bonchev–Trinajstić information content (AvgIpc) is 3.82. The second kappa shape index (κ2) is 10.4. The maximum absolute atomic E-state index is 10.1. The van der Waals surface area contributed by atoms with Gasteiger partial charge in [0.25, 0.3) is 0 Å². The van der Waals surface area contributed by atoms with Crippen molar-refractivity contribution in [2.75, 3.05) is 0 Å². The molecule has 0 atom stereocenters. The van der Waals surface area contributed by atoms with Crippen LogP contribution >= 0.6 is 11.3 Å². The molecule has 0 aliphatic carbocycles. The summed E-state index contributed by atoms with van der Waals surface area (Å²) in [6.07, 6.45) is 0. The smallest absolute Gasteiger partial charge is 0.136 e. The van der Waals surface area contributed by atoms with Crippen LogP contribution in [-0.2, 0) is 0 Å². The summed E-state index contributed by atoms with van der Waals surface area (Å²) in [5.74, 6) is 0. The van der Waals surface area contributed by atoms with E-state index in [0.717, 1.165) is 87.2 Å². The minimum Gasteiger partial charge on any atom is -0.456 e. The molecule has 0 amide bonds. The minimum absolute atomic E-state index is 0.628. The van der Waals surface area contributed by atoms with Crippen LogP contribution in [0.2, 0.25) is 0 Å². The van der Waals surface area contributed by atoms with E-state index in [2.05, 4.69) is 95.6 Å². The highest BCUT2D eigenvalue weighted by Gasteiger charge is 2.18. The highest BCUT2D eigenvalue weighted by molar-refractivity contribution is 7.25. The third-order valence-electron chi connectivity index (χ3n) is 9.64. The molecule has 10 aromatic rings. The van der Waals surface area contributed by atoms with E-state index in [1.807, 2.05) is 60.7 Å². The largest absolute Gasteiger partial charge is 0.456 e. The van der Waals surface area contributed by atoms with Gasteiger partial charge in [-0.05, 0) is 101 Å². The Kier molecular flexibility index (Phi) is 5.84. The van der Waals surface area contributed by atoms with Crippen molar-refractivity contribution >= 4 is 75.3 Å². The number of rotatable bonds is 3. The molecule has 10 rings (SSSR count). The molecule has 0 bridgehead atoms. The quantitative estimate of drug-likeness (QED) is 0.193. The van der Waals surface area contributed by atoms with E-state index in [4.69, 9.17) is 4.42 Å². The second-order valence-corrected chi connectivity index (χ2v) is 13.5. The molecular weight excluding hydrogens is 619 g/mol. The third-order valence-corrected chi connectivity index (χ3v) is 10.8. The first-order chi connectivity index (χ1) is 24.2. The number of para-hydroxylation sites is 2. The fourth-order valence-electron chi connectivity index (χ4n) is 7.39. The highest BCUT2D eigenvalue weighted by atomic mass is 32.1. The predicted molar refractivity (Wildman–Crippen MR) is 201 cm³/mol. The van der Waals surface area contributed by atoms with E-state index in [9.17, 15) is 10.5 Å². The van der Waals surface area contributed by atoms with Crippen molar-refractivity contribution in [1.29, 1.82) is 10.5 Å². The lowest BCUT2D eigenvalue weighted by atomic mass is 9.94. The van der Waals surface area contributed by atoms with Crippen molar-refractivity contribution in [2.24, 2.45) is 0 Å². The predicted octanol–water partition coefficient (Wildman–Crippen LogP) is 12.1. The Balaban J connectivity index is 1.29. The van der Waals surface area contributed by atoms with Crippen LogP contribution in [0.25, 0.3) is 91.9 Å². The molecule has 49 heavy (non-hydrogen) atoms. The third kappa shape index (κ3) is 4.14. The first-order valence-corrected chi connectivity index (χ1v) is 16.8. The summed E-state index contributed by atoms with van der Waals surface area (Å²) in [5.41, 5.74) is 10.2. The molecular formula is C44H23N3OS. The molecule has 0 spiro atoms. The zero-order valence-electron chi connectivity index (χ0n) is 25.9. The number of thiophene rings is 1. The monoisotopic (exact) mass is 641 g/mol.